The Bertz CT molecular complexity index is 324. The Morgan fingerprint density at radius 1 is 0.950 bits per heavy atom. The molecule has 118 valence electrons. The molecule has 0 spiro atoms. The normalized spacial score (nSPS) is 12.2. The Morgan fingerprint density at radius 2 is 1.50 bits per heavy atom. The molecule has 0 aromatic carbocycles. The minimum atomic E-state index is -0.468. The fourth-order valence-electron chi connectivity index (χ4n) is 1.70. The third-order valence-corrected chi connectivity index (χ3v) is 2.84. The molecule has 1 amide bonds. The zero-order valence-electron chi connectivity index (χ0n) is 14.2. The van der Waals surface area contributed by atoms with Crippen LogP contribution in [0.5, 0.6) is 0 Å². The van der Waals surface area contributed by atoms with Crippen molar-refractivity contribution in [2.75, 3.05) is 19.7 Å². The number of amides is 1. The molecule has 4 nitrogen and oxygen atoms in total. The lowest BCUT2D eigenvalue weighted by atomic mass is 9.94. The topological polar surface area (TPSA) is 46.6 Å². The first kappa shape index (κ1) is 18.9. The Morgan fingerprint density at radius 3 is 1.90 bits per heavy atom. The van der Waals surface area contributed by atoms with Gasteiger partial charge in [-0.25, -0.2) is 0 Å². The Labute approximate surface area is 123 Å². The van der Waals surface area contributed by atoms with Crippen LogP contribution in [0, 0.1) is 10.8 Å². The van der Waals surface area contributed by atoms with Gasteiger partial charge in [0.15, 0.2) is 0 Å². The third kappa shape index (κ3) is 6.92. The van der Waals surface area contributed by atoms with Gasteiger partial charge in [0.05, 0.1) is 12.0 Å². The fourth-order valence-corrected chi connectivity index (χ4v) is 1.70. The van der Waals surface area contributed by atoms with Crippen molar-refractivity contribution in [3.05, 3.63) is 0 Å². The van der Waals surface area contributed by atoms with Crippen molar-refractivity contribution in [2.45, 2.75) is 61.3 Å². The molecule has 0 fully saturated rings. The van der Waals surface area contributed by atoms with Crippen LogP contribution >= 0.6 is 0 Å². The van der Waals surface area contributed by atoms with Gasteiger partial charge < -0.3 is 9.64 Å². The molecule has 0 aromatic heterocycles. The molecule has 0 saturated heterocycles. The van der Waals surface area contributed by atoms with Gasteiger partial charge in [-0.3, -0.25) is 9.59 Å². The number of esters is 1. The second kappa shape index (κ2) is 7.65. The highest BCUT2D eigenvalue weighted by Crippen LogP contribution is 2.18. The zero-order valence-corrected chi connectivity index (χ0v) is 14.2. The van der Waals surface area contributed by atoms with E-state index >= 15 is 0 Å². The van der Waals surface area contributed by atoms with Crippen LogP contribution in [0.2, 0.25) is 0 Å². The predicted molar refractivity (Wildman–Crippen MR) is 81.4 cm³/mol. The second-order valence-corrected chi connectivity index (χ2v) is 7.28. The molecule has 4 heteroatoms. The van der Waals surface area contributed by atoms with Gasteiger partial charge in [0.2, 0.25) is 5.91 Å². The maximum Gasteiger partial charge on any atom is 0.311 e. The smallest absolute Gasteiger partial charge is 0.311 e. The van der Waals surface area contributed by atoms with Crippen molar-refractivity contribution in [1.29, 1.82) is 0 Å². The van der Waals surface area contributed by atoms with Crippen LogP contribution in [-0.2, 0) is 14.3 Å². The molecule has 0 aliphatic heterocycles. The lowest BCUT2D eigenvalue weighted by molar-refractivity contribution is -0.153. The summed E-state index contributed by atoms with van der Waals surface area (Å²) in [7, 11) is 0. The van der Waals surface area contributed by atoms with Gasteiger partial charge in [-0.2, -0.15) is 0 Å². The molecule has 0 unspecified atom stereocenters. The third-order valence-electron chi connectivity index (χ3n) is 2.84. The molecule has 0 bridgehead atoms. The van der Waals surface area contributed by atoms with E-state index in [1.54, 1.807) is 0 Å². The Balaban J connectivity index is 4.24. The van der Waals surface area contributed by atoms with Crippen molar-refractivity contribution in [1.82, 2.24) is 4.90 Å². The number of hydrogen-bond acceptors (Lipinski definition) is 3. The van der Waals surface area contributed by atoms with Gasteiger partial charge in [0.25, 0.3) is 0 Å². The first-order valence-corrected chi connectivity index (χ1v) is 7.46. The molecule has 0 heterocycles. The highest BCUT2D eigenvalue weighted by Gasteiger charge is 2.27. The summed E-state index contributed by atoms with van der Waals surface area (Å²) in [4.78, 5) is 25.8. The summed E-state index contributed by atoms with van der Waals surface area (Å²) in [5, 5.41) is 0. The predicted octanol–water partition coefficient (Wildman–Crippen LogP) is 3.25. The van der Waals surface area contributed by atoms with Crippen LogP contribution in [0.4, 0.5) is 0 Å². The molecule has 0 atom stereocenters. The molecular weight excluding hydrogens is 254 g/mol. The van der Waals surface area contributed by atoms with E-state index in [-0.39, 0.29) is 17.3 Å². The van der Waals surface area contributed by atoms with Gasteiger partial charge in [-0.05, 0) is 33.6 Å². The van der Waals surface area contributed by atoms with E-state index in [9.17, 15) is 9.59 Å². The first-order chi connectivity index (χ1) is 9.00. The standard InChI is InChI=1S/C16H31NO3/c1-8-10-17(13(18)15(2,3)4)11-9-12-20-14(19)16(5,6)7/h8-12H2,1-7H3. The van der Waals surface area contributed by atoms with Crippen LogP contribution in [0.15, 0.2) is 0 Å². The van der Waals surface area contributed by atoms with E-state index < -0.39 is 5.41 Å². The summed E-state index contributed by atoms with van der Waals surface area (Å²) in [5.74, 6) is -0.0387. The molecule has 0 N–H and O–H groups in total. The maximum absolute atomic E-state index is 12.3. The summed E-state index contributed by atoms with van der Waals surface area (Å²) in [6.45, 7) is 15.1. The molecule has 20 heavy (non-hydrogen) atoms. The molecule has 0 radical (unpaired) electrons. The summed E-state index contributed by atoms with van der Waals surface area (Å²) >= 11 is 0. The minimum absolute atomic E-state index is 0.154. The highest BCUT2D eigenvalue weighted by molar-refractivity contribution is 5.81. The number of carbonyl (C=O) groups excluding carboxylic acids is 2. The SMILES string of the molecule is CCCN(CCCOC(=O)C(C)(C)C)C(=O)C(C)(C)C. The average molecular weight is 285 g/mol. The minimum Gasteiger partial charge on any atom is -0.465 e. The maximum atomic E-state index is 12.3. The van der Waals surface area contributed by atoms with Crippen LogP contribution < -0.4 is 0 Å². The molecule has 0 aromatic rings. The van der Waals surface area contributed by atoms with Gasteiger partial charge in [-0.1, -0.05) is 27.7 Å². The number of hydrogen-bond donors (Lipinski definition) is 0. The van der Waals surface area contributed by atoms with Gasteiger partial charge in [-0.15, -0.1) is 0 Å². The summed E-state index contributed by atoms with van der Waals surface area (Å²) in [6, 6.07) is 0. The zero-order chi connectivity index (χ0) is 16.0. The number of rotatable bonds is 6. The average Bonchev–Trinajstić information content (AvgIpc) is 2.29. The van der Waals surface area contributed by atoms with E-state index in [2.05, 4.69) is 6.92 Å². The van der Waals surface area contributed by atoms with Gasteiger partial charge in [0, 0.05) is 18.5 Å². The molecular formula is C16H31NO3. The van der Waals surface area contributed by atoms with E-state index in [1.807, 2.05) is 46.4 Å². The van der Waals surface area contributed by atoms with Gasteiger partial charge >= 0.3 is 5.97 Å². The van der Waals surface area contributed by atoms with Crippen molar-refractivity contribution in [2.24, 2.45) is 10.8 Å². The summed E-state index contributed by atoms with van der Waals surface area (Å²) in [6.07, 6.45) is 1.62. The van der Waals surface area contributed by atoms with E-state index in [4.69, 9.17) is 4.74 Å². The van der Waals surface area contributed by atoms with Crippen LogP contribution in [0.3, 0.4) is 0 Å². The van der Waals surface area contributed by atoms with E-state index in [1.165, 1.54) is 0 Å². The molecule has 0 aliphatic carbocycles. The van der Waals surface area contributed by atoms with Crippen molar-refractivity contribution in [3.8, 4) is 0 Å². The molecule has 0 rings (SSSR count). The highest BCUT2D eigenvalue weighted by atomic mass is 16.5. The van der Waals surface area contributed by atoms with Crippen LogP contribution in [0.1, 0.15) is 61.3 Å². The molecule has 0 aliphatic rings. The lowest BCUT2D eigenvalue weighted by Crippen LogP contribution is -2.40. The van der Waals surface area contributed by atoms with Crippen molar-refractivity contribution >= 4 is 11.9 Å². The number of carbonyl (C=O) groups is 2. The first-order valence-electron chi connectivity index (χ1n) is 7.46. The largest absolute Gasteiger partial charge is 0.465 e. The molecule has 0 saturated carbocycles. The fraction of sp³-hybridized carbons (Fsp3) is 0.875. The number of nitrogens with zero attached hydrogens (tertiary/aromatic N) is 1. The Hall–Kier alpha value is -1.06. The summed E-state index contributed by atoms with van der Waals surface area (Å²) in [5.41, 5.74) is -0.832. The second-order valence-electron chi connectivity index (χ2n) is 7.28. The number of ether oxygens (including phenoxy) is 1. The monoisotopic (exact) mass is 285 g/mol. The van der Waals surface area contributed by atoms with Crippen molar-refractivity contribution < 1.29 is 14.3 Å². The van der Waals surface area contributed by atoms with Crippen LogP contribution in [0.25, 0.3) is 0 Å². The van der Waals surface area contributed by atoms with Gasteiger partial charge in [0.1, 0.15) is 0 Å². The van der Waals surface area contributed by atoms with E-state index in [0.717, 1.165) is 13.0 Å². The quantitative estimate of drug-likeness (QED) is 0.556. The summed E-state index contributed by atoms with van der Waals surface area (Å²) < 4.78 is 5.22. The lowest BCUT2D eigenvalue weighted by Gasteiger charge is -2.29. The van der Waals surface area contributed by atoms with E-state index in [0.29, 0.717) is 19.6 Å². The van der Waals surface area contributed by atoms with Crippen molar-refractivity contribution in [3.63, 3.8) is 0 Å². The Kier molecular flexibility index (Phi) is 7.25. The van der Waals surface area contributed by atoms with Crippen LogP contribution in [-0.4, -0.2) is 36.5 Å².